The largest absolute Gasteiger partial charge is 0.361 e. The van der Waals surface area contributed by atoms with Crippen molar-refractivity contribution in [2.75, 3.05) is 6.54 Å². The highest BCUT2D eigenvalue weighted by Crippen LogP contribution is 2.32. The quantitative estimate of drug-likeness (QED) is 0.864. The summed E-state index contributed by atoms with van der Waals surface area (Å²) in [6, 6.07) is 1.64. The number of carbonyl (C=O) groups is 1. The molecule has 7 heteroatoms. The van der Waals surface area contributed by atoms with Crippen LogP contribution < -0.4 is 10.9 Å². The van der Waals surface area contributed by atoms with E-state index in [0.717, 1.165) is 29.8 Å². The average molecular weight is 344 g/mol. The number of carbonyl (C=O) groups excluding carboxylic acids is 1. The highest BCUT2D eigenvalue weighted by atomic mass is 16.5. The van der Waals surface area contributed by atoms with E-state index >= 15 is 0 Å². The van der Waals surface area contributed by atoms with E-state index < -0.39 is 0 Å². The van der Waals surface area contributed by atoms with E-state index in [1.807, 2.05) is 6.92 Å². The number of hydrogen-bond donors (Lipinski definition) is 1. The molecule has 0 spiro atoms. The Bertz CT molecular complexity index is 783. The molecule has 1 aliphatic rings. The van der Waals surface area contributed by atoms with E-state index in [-0.39, 0.29) is 17.9 Å². The fourth-order valence-electron chi connectivity index (χ4n) is 3.35. The number of aryl methyl sites for hydroxylation is 2. The van der Waals surface area contributed by atoms with Crippen molar-refractivity contribution in [3.63, 3.8) is 0 Å². The smallest absolute Gasteiger partial charge is 0.253 e. The van der Waals surface area contributed by atoms with Gasteiger partial charge in [-0.05, 0) is 26.7 Å². The Morgan fingerprint density at radius 3 is 2.76 bits per heavy atom. The molecule has 0 bridgehead atoms. The van der Waals surface area contributed by atoms with Gasteiger partial charge in [0.2, 0.25) is 5.91 Å². The van der Waals surface area contributed by atoms with E-state index in [9.17, 15) is 9.59 Å². The first-order valence-electron chi connectivity index (χ1n) is 8.79. The summed E-state index contributed by atoms with van der Waals surface area (Å²) in [5.74, 6) is 0.977. The summed E-state index contributed by atoms with van der Waals surface area (Å²) in [5.41, 5.74) is 2.39. The second kappa shape index (κ2) is 7.63. The van der Waals surface area contributed by atoms with Crippen LogP contribution in [-0.4, -0.2) is 27.2 Å². The van der Waals surface area contributed by atoms with Gasteiger partial charge in [0, 0.05) is 30.6 Å². The molecule has 1 amide bonds. The molecule has 2 aromatic heterocycles. The first-order valence-corrected chi connectivity index (χ1v) is 8.79. The number of nitrogens with zero attached hydrogens (tertiary/aromatic N) is 3. The molecular formula is C18H24N4O3. The van der Waals surface area contributed by atoms with Gasteiger partial charge in [0.25, 0.3) is 5.56 Å². The van der Waals surface area contributed by atoms with Crippen LogP contribution in [-0.2, 0) is 17.8 Å². The summed E-state index contributed by atoms with van der Waals surface area (Å²) in [6.07, 6.45) is 6.49. The highest BCUT2D eigenvalue weighted by Gasteiger charge is 2.19. The Balaban J connectivity index is 1.51. The molecule has 25 heavy (non-hydrogen) atoms. The molecule has 1 N–H and O–H groups in total. The summed E-state index contributed by atoms with van der Waals surface area (Å²) in [7, 11) is 0. The van der Waals surface area contributed by atoms with Gasteiger partial charge in [-0.2, -0.15) is 0 Å². The van der Waals surface area contributed by atoms with Gasteiger partial charge in [0.1, 0.15) is 5.76 Å². The lowest BCUT2D eigenvalue weighted by molar-refractivity contribution is -0.120. The highest BCUT2D eigenvalue weighted by molar-refractivity contribution is 5.78. The van der Waals surface area contributed by atoms with E-state index in [1.165, 1.54) is 17.4 Å². The third-order valence-electron chi connectivity index (χ3n) is 4.87. The van der Waals surface area contributed by atoms with Crippen LogP contribution in [0, 0.1) is 13.8 Å². The van der Waals surface area contributed by atoms with Gasteiger partial charge in [-0.25, -0.2) is 4.98 Å². The van der Waals surface area contributed by atoms with Crippen molar-refractivity contribution < 1.29 is 9.32 Å². The summed E-state index contributed by atoms with van der Waals surface area (Å²) in [4.78, 5) is 28.7. The van der Waals surface area contributed by atoms with Crippen molar-refractivity contribution in [2.45, 2.75) is 58.4 Å². The number of aromatic nitrogens is 3. The normalized spacial score (nSPS) is 14.8. The van der Waals surface area contributed by atoms with Crippen molar-refractivity contribution in [1.29, 1.82) is 0 Å². The summed E-state index contributed by atoms with van der Waals surface area (Å²) in [5, 5.41) is 6.67. The van der Waals surface area contributed by atoms with Gasteiger partial charge in [-0.15, -0.1) is 0 Å². The van der Waals surface area contributed by atoms with Gasteiger partial charge in [0.15, 0.2) is 0 Å². The first kappa shape index (κ1) is 17.4. The molecule has 1 fully saturated rings. The minimum Gasteiger partial charge on any atom is -0.361 e. The van der Waals surface area contributed by atoms with Crippen molar-refractivity contribution in [3.8, 4) is 0 Å². The van der Waals surface area contributed by atoms with Crippen molar-refractivity contribution in [2.24, 2.45) is 0 Å². The van der Waals surface area contributed by atoms with Crippen LogP contribution in [0.2, 0.25) is 0 Å². The van der Waals surface area contributed by atoms with Crippen molar-refractivity contribution in [3.05, 3.63) is 45.5 Å². The topological polar surface area (TPSA) is 90.0 Å². The zero-order chi connectivity index (χ0) is 17.8. The maximum absolute atomic E-state index is 12.2. The van der Waals surface area contributed by atoms with Gasteiger partial charge in [-0.3, -0.25) is 14.2 Å². The molecule has 2 aromatic rings. The fraction of sp³-hybridized carbons (Fsp3) is 0.556. The fourth-order valence-corrected chi connectivity index (χ4v) is 3.35. The summed E-state index contributed by atoms with van der Waals surface area (Å²) >= 11 is 0. The van der Waals surface area contributed by atoms with Gasteiger partial charge >= 0.3 is 0 Å². The van der Waals surface area contributed by atoms with E-state index in [1.54, 1.807) is 19.3 Å². The zero-order valence-electron chi connectivity index (χ0n) is 14.7. The van der Waals surface area contributed by atoms with Crippen LogP contribution >= 0.6 is 0 Å². The van der Waals surface area contributed by atoms with Gasteiger partial charge in [-0.1, -0.05) is 18.0 Å². The van der Waals surface area contributed by atoms with Gasteiger partial charge in [0.05, 0.1) is 24.1 Å². The molecule has 3 rings (SSSR count). The predicted octanol–water partition coefficient (Wildman–Crippen LogP) is 1.86. The Morgan fingerprint density at radius 1 is 1.36 bits per heavy atom. The molecular weight excluding hydrogens is 320 g/mol. The Morgan fingerprint density at radius 2 is 2.12 bits per heavy atom. The molecule has 1 aliphatic carbocycles. The number of rotatable bonds is 6. The lowest BCUT2D eigenvalue weighted by Gasteiger charge is -2.11. The van der Waals surface area contributed by atoms with Crippen molar-refractivity contribution >= 4 is 5.91 Å². The summed E-state index contributed by atoms with van der Waals surface area (Å²) < 4.78 is 6.59. The van der Waals surface area contributed by atoms with Crippen molar-refractivity contribution in [1.82, 2.24) is 20.0 Å². The van der Waals surface area contributed by atoms with E-state index in [2.05, 4.69) is 15.5 Å². The van der Waals surface area contributed by atoms with Crippen LogP contribution in [0.4, 0.5) is 0 Å². The predicted molar refractivity (Wildman–Crippen MR) is 92.4 cm³/mol. The SMILES string of the molecule is Cc1noc(C)c1CC(=O)NCCn1cnc(C2CCCC2)cc1=O. The van der Waals surface area contributed by atoms with Crippen LogP contribution in [0.1, 0.15) is 54.3 Å². The molecule has 0 aliphatic heterocycles. The summed E-state index contributed by atoms with van der Waals surface area (Å²) in [6.45, 7) is 4.40. The molecule has 0 atom stereocenters. The van der Waals surface area contributed by atoms with E-state index in [4.69, 9.17) is 4.52 Å². The zero-order valence-corrected chi connectivity index (χ0v) is 14.7. The first-order chi connectivity index (χ1) is 12.0. The lowest BCUT2D eigenvalue weighted by atomic mass is 10.0. The monoisotopic (exact) mass is 344 g/mol. The van der Waals surface area contributed by atoms with Gasteiger partial charge < -0.3 is 9.84 Å². The maximum Gasteiger partial charge on any atom is 0.253 e. The number of amides is 1. The Hall–Kier alpha value is -2.44. The second-order valence-electron chi connectivity index (χ2n) is 6.66. The Labute approximate surface area is 146 Å². The van der Waals surface area contributed by atoms with Crippen LogP contribution in [0.5, 0.6) is 0 Å². The Kier molecular flexibility index (Phi) is 5.31. The molecule has 0 saturated heterocycles. The third-order valence-corrected chi connectivity index (χ3v) is 4.87. The molecule has 0 unspecified atom stereocenters. The van der Waals surface area contributed by atoms with Crippen LogP contribution in [0.3, 0.4) is 0 Å². The maximum atomic E-state index is 12.2. The molecule has 2 heterocycles. The van der Waals surface area contributed by atoms with Crippen LogP contribution in [0.25, 0.3) is 0 Å². The molecule has 7 nitrogen and oxygen atoms in total. The van der Waals surface area contributed by atoms with Crippen LogP contribution in [0.15, 0.2) is 21.7 Å². The standard InChI is InChI=1S/C18H24N4O3/c1-12-15(13(2)25-21-12)9-17(23)19-7-8-22-11-20-16(10-18(22)24)14-5-3-4-6-14/h10-11,14H,3-9H2,1-2H3,(H,19,23). The average Bonchev–Trinajstić information content (AvgIpc) is 3.22. The lowest BCUT2D eigenvalue weighted by Crippen LogP contribution is -2.32. The second-order valence-corrected chi connectivity index (χ2v) is 6.66. The minimum absolute atomic E-state index is 0.0585. The number of nitrogens with one attached hydrogen (secondary N) is 1. The molecule has 134 valence electrons. The molecule has 0 radical (unpaired) electrons. The molecule has 1 saturated carbocycles. The minimum atomic E-state index is -0.113. The van der Waals surface area contributed by atoms with E-state index in [0.29, 0.717) is 24.8 Å². The third kappa shape index (κ3) is 4.15. The number of hydrogen-bond acceptors (Lipinski definition) is 5. The molecule has 0 aromatic carbocycles.